The molecule has 2 aromatic rings. The molecule has 1 aliphatic rings. The van der Waals surface area contributed by atoms with Crippen molar-refractivity contribution < 1.29 is 9.90 Å². The molecule has 3 rings (SSSR count). The lowest BCUT2D eigenvalue weighted by Gasteiger charge is -2.36. The van der Waals surface area contributed by atoms with Crippen LogP contribution in [-0.4, -0.2) is 44.4 Å². The number of likely N-dealkylation sites (tertiary alicyclic amines) is 1. The first kappa shape index (κ1) is 16.0. The summed E-state index contributed by atoms with van der Waals surface area (Å²) in [4.78, 5) is 13.4. The maximum absolute atomic E-state index is 11.4. The van der Waals surface area contributed by atoms with Crippen LogP contribution >= 0.6 is 11.6 Å². The highest BCUT2D eigenvalue weighted by atomic mass is 35.5. The predicted octanol–water partition coefficient (Wildman–Crippen LogP) is 1.34. The lowest BCUT2D eigenvalue weighted by molar-refractivity contribution is -0.142. The monoisotopic (exact) mass is 334 g/mol. The maximum atomic E-state index is 11.4. The Hall–Kier alpha value is -1.89. The van der Waals surface area contributed by atoms with Crippen molar-refractivity contribution in [3.8, 4) is 5.69 Å². The molecule has 1 aliphatic heterocycles. The molecule has 3 N–H and O–H groups in total. The van der Waals surface area contributed by atoms with Gasteiger partial charge in [0.2, 0.25) is 0 Å². The number of nitrogens with zero attached hydrogens (tertiary/aromatic N) is 3. The Morgan fingerprint density at radius 3 is 2.78 bits per heavy atom. The van der Waals surface area contributed by atoms with Crippen LogP contribution in [-0.2, 0) is 11.3 Å². The molecular formula is C16H19ClN4O2. The number of hydrogen-bond donors (Lipinski definition) is 2. The number of primary amides is 1. The van der Waals surface area contributed by atoms with Crippen LogP contribution in [0.5, 0.6) is 0 Å². The van der Waals surface area contributed by atoms with Crippen molar-refractivity contribution in [2.24, 2.45) is 5.73 Å². The van der Waals surface area contributed by atoms with Crippen molar-refractivity contribution >= 4 is 17.5 Å². The summed E-state index contributed by atoms with van der Waals surface area (Å²) in [5.74, 6) is -0.658. The number of piperidine rings is 1. The molecule has 2 heterocycles. The summed E-state index contributed by atoms with van der Waals surface area (Å²) in [6.45, 7) is 1.62. The fourth-order valence-corrected chi connectivity index (χ4v) is 3.00. The first-order valence-electron chi connectivity index (χ1n) is 7.51. The van der Waals surface area contributed by atoms with Crippen LogP contribution in [0.3, 0.4) is 0 Å². The van der Waals surface area contributed by atoms with E-state index >= 15 is 0 Å². The molecule has 1 atom stereocenters. The Kier molecular flexibility index (Phi) is 4.39. The van der Waals surface area contributed by atoms with Crippen LogP contribution in [0.1, 0.15) is 18.5 Å². The Labute approximate surface area is 139 Å². The van der Waals surface area contributed by atoms with Gasteiger partial charge >= 0.3 is 0 Å². The van der Waals surface area contributed by atoms with E-state index in [1.807, 2.05) is 41.4 Å². The second-order valence-electron chi connectivity index (χ2n) is 5.94. The van der Waals surface area contributed by atoms with Gasteiger partial charge in [-0.25, -0.2) is 4.68 Å². The van der Waals surface area contributed by atoms with E-state index in [0.717, 1.165) is 24.3 Å². The minimum absolute atomic E-state index is 0.246. The quantitative estimate of drug-likeness (QED) is 0.883. The molecule has 1 amide bonds. The molecule has 0 saturated carbocycles. The fraction of sp³-hybridized carbons (Fsp3) is 0.375. The molecule has 0 spiro atoms. The largest absolute Gasteiger partial charge is 0.379 e. The number of hydrogen-bond acceptors (Lipinski definition) is 4. The van der Waals surface area contributed by atoms with Gasteiger partial charge in [0.1, 0.15) is 0 Å². The van der Waals surface area contributed by atoms with Crippen LogP contribution in [0.25, 0.3) is 5.69 Å². The average molecular weight is 335 g/mol. The van der Waals surface area contributed by atoms with Gasteiger partial charge in [0.15, 0.2) is 5.60 Å². The van der Waals surface area contributed by atoms with E-state index in [4.69, 9.17) is 17.3 Å². The van der Waals surface area contributed by atoms with E-state index < -0.39 is 11.5 Å². The van der Waals surface area contributed by atoms with Crippen LogP contribution in [0.15, 0.2) is 36.5 Å². The fourth-order valence-electron chi connectivity index (χ4n) is 2.87. The number of amides is 1. The number of aliphatic hydroxyl groups is 1. The average Bonchev–Trinajstić information content (AvgIpc) is 2.96. The molecule has 1 aromatic heterocycles. The van der Waals surface area contributed by atoms with Gasteiger partial charge in [-0.05, 0) is 49.7 Å². The van der Waals surface area contributed by atoms with E-state index in [9.17, 15) is 9.90 Å². The molecule has 23 heavy (non-hydrogen) atoms. The highest BCUT2D eigenvalue weighted by molar-refractivity contribution is 6.30. The predicted molar refractivity (Wildman–Crippen MR) is 87.2 cm³/mol. The second kappa shape index (κ2) is 6.31. The van der Waals surface area contributed by atoms with Gasteiger partial charge in [0.25, 0.3) is 5.91 Å². The molecule has 1 fully saturated rings. The van der Waals surface area contributed by atoms with Gasteiger partial charge in [-0.15, -0.1) is 0 Å². The lowest BCUT2D eigenvalue weighted by atomic mass is 9.92. The maximum Gasteiger partial charge on any atom is 0.250 e. The number of rotatable bonds is 4. The summed E-state index contributed by atoms with van der Waals surface area (Å²) < 4.78 is 1.77. The highest BCUT2D eigenvalue weighted by Gasteiger charge is 2.38. The number of halogens is 1. The first-order chi connectivity index (χ1) is 11.0. The van der Waals surface area contributed by atoms with E-state index in [0.29, 0.717) is 18.0 Å². The molecule has 0 unspecified atom stereocenters. The SMILES string of the molecule is NC(=O)[C@]1(O)CCCN(Cc2ccn(-c3ccc(Cl)cc3)n2)C1. The molecule has 7 heteroatoms. The van der Waals surface area contributed by atoms with E-state index in [2.05, 4.69) is 5.10 Å². The molecule has 6 nitrogen and oxygen atoms in total. The number of aromatic nitrogens is 2. The van der Waals surface area contributed by atoms with E-state index in [1.165, 1.54) is 0 Å². The zero-order valence-corrected chi connectivity index (χ0v) is 13.4. The first-order valence-corrected chi connectivity index (χ1v) is 7.89. The van der Waals surface area contributed by atoms with Gasteiger partial charge in [0.05, 0.1) is 11.4 Å². The Bertz CT molecular complexity index is 700. The van der Waals surface area contributed by atoms with Crippen LogP contribution < -0.4 is 5.73 Å². The van der Waals surface area contributed by atoms with Crippen molar-refractivity contribution in [1.82, 2.24) is 14.7 Å². The molecule has 122 valence electrons. The Morgan fingerprint density at radius 2 is 2.09 bits per heavy atom. The summed E-state index contributed by atoms with van der Waals surface area (Å²) in [7, 11) is 0. The summed E-state index contributed by atoms with van der Waals surface area (Å²) in [6.07, 6.45) is 3.03. The minimum Gasteiger partial charge on any atom is -0.379 e. The van der Waals surface area contributed by atoms with Crippen molar-refractivity contribution in [3.05, 3.63) is 47.2 Å². The molecule has 1 saturated heterocycles. The van der Waals surface area contributed by atoms with Gasteiger partial charge in [0, 0.05) is 24.3 Å². The van der Waals surface area contributed by atoms with Crippen LogP contribution in [0.4, 0.5) is 0 Å². The molecule has 0 bridgehead atoms. The number of carbonyl (C=O) groups is 1. The Balaban J connectivity index is 1.69. The summed E-state index contributed by atoms with van der Waals surface area (Å²) in [5, 5.41) is 15.5. The van der Waals surface area contributed by atoms with Gasteiger partial charge < -0.3 is 10.8 Å². The van der Waals surface area contributed by atoms with E-state index in [-0.39, 0.29) is 6.54 Å². The molecule has 0 radical (unpaired) electrons. The number of nitrogens with two attached hydrogens (primary N) is 1. The second-order valence-corrected chi connectivity index (χ2v) is 6.37. The van der Waals surface area contributed by atoms with Gasteiger partial charge in [-0.2, -0.15) is 5.10 Å². The zero-order chi connectivity index (χ0) is 16.4. The summed E-state index contributed by atoms with van der Waals surface area (Å²) in [5.41, 5.74) is 5.66. The van der Waals surface area contributed by atoms with Crippen LogP contribution in [0, 0.1) is 0 Å². The molecular weight excluding hydrogens is 316 g/mol. The summed E-state index contributed by atoms with van der Waals surface area (Å²) in [6, 6.07) is 9.34. The zero-order valence-electron chi connectivity index (χ0n) is 12.7. The van der Waals surface area contributed by atoms with E-state index in [1.54, 1.807) is 4.68 Å². The smallest absolute Gasteiger partial charge is 0.250 e. The number of carbonyl (C=O) groups excluding carboxylic acids is 1. The standard InChI is InChI=1S/C16H19ClN4O2/c17-12-2-4-14(5-3-12)21-9-6-13(19-21)10-20-8-1-7-16(23,11-20)15(18)22/h2-6,9,23H,1,7-8,10-11H2,(H2,18,22)/t16-/m0/s1. The third-order valence-corrected chi connectivity index (χ3v) is 4.38. The molecule has 1 aromatic carbocycles. The highest BCUT2D eigenvalue weighted by Crippen LogP contribution is 2.22. The number of benzene rings is 1. The van der Waals surface area contributed by atoms with Gasteiger partial charge in [-0.1, -0.05) is 11.6 Å². The van der Waals surface area contributed by atoms with Crippen molar-refractivity contribution in [3.63, 3.8) is 0 Å². The van der Waals surface area contributed by atoms with Crippen molar-refractivity contribution in [2.45, 2.75) is 25.0 Å². The van der Waals surface area contributed by atoms with Gasteiger partial charge in [-0.3, -0.25) is 9.69 Å². The Morgan fingerprint density at radius 1 is 1.35 bits per heavy atom. The summed E-state index contributed by atoms with van der Waals surface area (Å²) >= 11 is 5.89. The normalized spacial score (nSPS) is 22.2. The van der Waals surface area contributed by atoms with Crippen molar-refractivity contribution in [1.29, 1.82) is 0 Å². The number of β-amino-alcohol motifs (C(OH)–C–C–N with tert-alkyl or cyclic N) is 1. The molecule has 0 aliphatic carbocycles. The van der Waals surface area contributed by atoms with Crippen LogP contribution in [0.2, 0.25) is 5.02 Å². The van der Waals surface area contributed by atoms with Crippen molar-refractivity contribution in [2.75, 3.05) is 13.1 Å². The minimum atomic E-state index is -1.43. The third-order valence-electron chi connectivity index (χ3n) is 4.13. The third kappa shape index (κ3) is 3.55. The lowest BCUT2D eigenvalue weighted by Crippen LogP contribution is -2.55. The topological polar surface area (TPSA) is 84.4 Å².